The maximum absolute atomic E-state index is 11.8. The number of aromatic nitrogens is 2. The van der Waals surface area contributed by atoms with Crippen molar-refractivity contribution in [1.29, 1.82) is 0 Å². The van der Waals surface area contributed by atoms with Crippen molar-refractivity contribution in [2.75, 3.05) is 0 Å². The number of nitrogens with zero attached hydrogens (tertiary/aromatic N) is 2. The number of hydrogen-bond acceptors (Lipinski definition) is 2. The topological polar surface area (TPSA) is 34.9 Å². The summed E-state index contributed by atoms with van der Waals surface area (Å²) in [4.78, 5) is 11.8. The summed E-state index contributed by atoms with van der Waals surface area (Å²) in [5.74, 6) is 0.673. The molecule has 1 aromatic heterocycles. The Bertz CT molecular complexity index is 328. The fourth-order valence-electron chi connectivity index (χ4n) is 1.34. The van der Waals surface area contributed by atoms with Crippen LogP contribution < -0.4 is 0 Å². The van der Waals surface area contributed by atoms with Gasteiger partial charge in [-0.05, 0) is 12.8 Å². The fourth-order valence-corrected chi connectivity index (χ4v) is 1.34. The van der Waals surface area contributed by atoms with E-state index in [1.165, 1.54) is 0 Å². The molecule has 0 aliphatic carbocycles. The average Bonchev–Trinajstić information content (AvgIpc) is 2.47. The van der Waals surface area contributed by atoms with Crippen LogP contribution >= 0.6 is 0 Å². The third-order valence-electron chi connectivity index (χ3n) is 2.77. The van der Waals surface area contributed by atoms with Crippen LogP contribution in [-0.4, -0.2) is 15.6 Å². The lowest BCUT2D eigenvalue weighted by Gasteiger charge is -2.06. The Labute approximate surface area is 85.1 Å². The molecule has 3 nitrogen and oxygen atoms in total. The number of Topliss-reactive ketones (excluding diaryl/α,β-unsaturated/α-hetero) is 1. The highest BCUT2D eigenvalue weighted by atomic mass is 16.1. The number of rotatable bonds is 4. The Morgan fingerprint density at radius 2 is 2.29 bits per heavy atom. The predicted molar refractivity (Wildman–Crippen MR) is 56.3 cm³/mol. The van der Waals surface area contributed by atoms with Crippen LogP contribution in [-0.2, 0) is 7.05 Å². The number of ketones is 1. The third kappa shape index (κ3) is 2.22. The van der Waals surface area contributed by atoms with E-state index in [0.29, 0.717) is 12.3 Å². The van der Waals surface area contributed by atoms with E-state index < -0.39 is 0 Å². The molecule has 0 aliphatic heterocycles. The van der Waals surface area contributed by atoms with Crippen molar-refractivity contribution < 1.29 is 4.79 Å². The SMILES string of the molecule is CCC(C)CC(=O)c1cnn(C)c1C. The van der Waals surface area contributed by atoms with Crippen LogP contribution in [0.2, 0.25) is 0 Å². The molecule has 0 radical (unpaired) electrons. The first kappa shape index (κ1) is 11.0. The fraction of sp³-hybridized carbons (Fsp3) is 0.636. The van der Waals surface area contributed by atoms with Crippen molar-refractivity contribution in [2.45, 2.75) is 33.6 Å². The molecule has 0 fully saturated rings. The first-order chi connectivity index (χ1) is 6.56. The van der Waals surface area contributed by atoms with Crippen molar-refractivity contribution in [1.82, 2.24) is 9.78 Å². The first-order valence-electron chi connectivity index (χ1n) is 5.08. The van der Waals surface area contributed by atoms with E-state index in [0.717, 1.165) is 17.7 Å². The average molecular weight is 194 g/mol. The largest absolute Gasteiger partial charge is 0.294 e. The molecule has 1 atom stereocenters. The molecule has 0 bridgehead atoms. The smallest absolute Gasteiger partial charge is 0.166 e. The van der Waals surface area contributed by atoms with E-state index in [2.05, 4.69) is 18.9 Å². The molecular weight excluding hydrogens is 176 g/mol. The maximum atomic E-state index is 11.8. The van der Waals surface area contributed by atoms with E-state index in [1.54, 1.807) is 10.9 Å². The Morgan fingerprint density at radius 3 is 2.71 bits per heavy atom. The van der Waals surface area contributed by atoms with E-state index in [1.807, 2.05) is 14.0 Å². The van der Waals surface area contributed by atoms with Gasteiger partial charge in [-0.3, -0.25) is 9.48 Å². The number of aryl methyl sites for hydroxylation is 1. The molecule has 0 saturated heterocycles. The standard InChI is InChI=1S/C11H18N2O/c1-5-8(2)6-11(14)10-7-12-13(4)9(10)3/h7-8H,5-6H2,1-4H3. The minimum Gasteiger partial charge on any atom is -0.294 e. The van der Waals surface area contributed by atoms with Gasteiger partial charge < -0.3 is 0 Å². The molecule has 0 aliphatic rings. The van der Waals surface area contributed by atoms with E-state index >= 15 is 0 Å². The first-order valence-corrected chi connectivity index (χ1v) is 5.08. The lowest BCUT2D eigenvalue weighted by molar-refractivity contribution is 0.0963. The summed E-state index contributed by atoms with van der Waals surface area (Å²) < 4.78 is 1.74. The molecule has 14 heavy (non-hydrogen) atoms. The zero-order valence-corrected chi connectivity index (χ0v) is 9.37. The van der Waals surface area contributed by atoms with Gasteiger partial charge in [0.25, 0.3) is 0 Å². The van der Waals surface area contributed by atoms with Gasteiger partial charge in [0, 0.05) is 19.2 Å². The van der Waals surface area contributed by atoms with Gasteiger partial charge in [0.05, 0.1) is 11.8 Å². The van der Waals surface area contributed by atoms with E-state index in [-0.39, 0.29) is 5.78 Å². The molecule has 0 N–H and O–H groups in total. The second-order valence-electron chi connectivity index (χ2n) is 3.91. The van der Waals surface area contributed by atoms with E-state index in [9.17, 15) is 4.79 Å². The van der Waals surface area contributed by atoms with Gasteiger partial charge in [-0.15, -0.1) is 0 Å². The Kier molecular flexibility index (Phi) is 3.44. The highest BCUT2D eigenvalue weighted by Crippen LogP contribution is 2.14. The predicted octanol–water partition coefficient (Wildman–Crippen LogP) is 2.35. The van der Waals surface area contributed by atoms with Crippen molar-refractivity contribution >= 4 is 5.78 Å². The maximum Gasteiger partial charge on any atom is 0.166 e. The van der Waals surface area contributed by atoms with Gasteiger partial charge in [-0.2, -0.15) is 5.10 Å². The molecule has 0 saturated carbocycles. The van der Waals surface area contributed by atoms with Crippen LogP contribution in [0.3, 0.4) is 0 Å². The molecule has 1 aromatic rings. The minimum absolute atomic E-state index is 0.213. The Morgan fingerprint density at radius 1 is 1.64 bits per heavy atom. The third-order valence-corrected chi connectivity index (χ3v) is 2.77. The van der Waals surface area contributed by atoms with Gasteiger partial charge >= 0.3 is 0 Å². The normalized spacial score (nSPS) is 12.9. The van der Waals surface area contributed by atoms with Crippen LogP contribution in [0.25, 0.3) is 0 Å². The Hall–Kier alpha value is -1.12. The van der Waals surface area contributed by atoms with Crippen LogP contribution in [0.4, 0.5) is 0 Å². The highest BCUT2D eigenvalue weighted by Gasteiger charge is 2.14. The lowest BCUT2D eigenvalue weighted by Crippen LogP contribution is -2.06. The summed E-state index contributed by atoms with van der Waals surface area (Å²) in [7, 11) is 1.86. The quantitative estimate of drug-likeness (QED) is 0.689. The van der Waals surface area contributed by atoms with Crippen LogP contribution in [0, 0.1) is 12.8 Å². The summed E-state index contributed by atoms with van der Waals surface area (Å²) in [5, 5.41) is 4.07. The number of carbonyl (C=O) groups is 1. The van der Waals surface area contributed by atoms with Crippen molar-refractivity contribution in [3.63, 3.8) is 0 Å². The number of hydrogen-bond donors (Lipinski definition) is 0. The summed E-state index contributed by atoms with van der Waals surface area (Å²) in [6.45, 7) is 6.13. The molecular formula is C11H18N2O. The summed E-state index contributed by atoms with van der Waals surface area (Å²) in [6, 6.07) is 0. The molecule has 0 spiro atoms. The van der Waals surface area contributed by atoms with Gasteiger partial charge in [0.1, 0.15) is 0 Å². The zero-order chi connectivity index (χ0) is 10.7. The molecule has 78 valence electrons. The molecule has 1 rings (SSSR count). The highest BCUT2D eigenvalue weighted by molar-refractivity contribution is 5.96. The lowest BCUT2D eigenvalue weighted by atomic mass is 9.98. The van der Waals surface area contributed by atoms with Crippen molar-refractivity contribution in [3.8, 4) is 0 Å². The van der Waals surface area contributed by atoms with Crippen molar-refractivity contribution in [2.24, 2.45) is 13.0 Å². The van der Waals surface area contributed by atoms with Crippen molar-refractivity contribution in [3.05, 3.63) is 17.5 Å². The van der Waals surface area contributed by atoms with Gasteiger partial charge in [-0.25, -0.2) is 0 Å². The summed E-state index contributed by atoms with van der Waals surface area (Å²) in [5.41, 5.74) is 1.73. The van der Waals surface area contributed by atoms with Crippen LogP contribution in [0.15, 0.2) is 6.20 Å². The molecule has 3 heteroatoms. The second-order valence-corrected chi connectivity index (χ2v) is 3.91. The monoisotopic (exact) mass is 194 g/mol. The number of carbonyl (C=O) groups excluding carboxylic acids is 1. The Balaban J connectivity index is 2.75. The summed E-state index contributed by atoms with van der Waals surface area (Å²) >= 11 is 0. The van der Waals surface area contributed by atoms with Crippen LogP contribution in [0.1, 0.15) is 42.7 Å². The second kappa shape index (κ2) is 4.40. The van der Waals surface area contributed by atoms with E-state index in [4.69, 9.17) is 0 Å². The van der Waals surface area contributed by atoms with Gasteiger partial charge in [0.2, 0.25) is 0 Å². The minimum atomic E-state index is 0.213. The molecule has 1 unspecified atom stereocenters. The van der Waals surface area contributed by atoms with Crippen LogP contribution in [0.5, 0.6) is 0 Å². The zero-order valence-electron chi connectivity index (χ0n) is 9.37. The summed E-state index contributed by atoms with van der Waals surface area (Å²) in [6.07, 6.45) is 3.34. The van der Waals surface area contributed by atoms with Gasteiger partial charge in [-0.1, -0.05) is 20.3 Å². The molecule has 0 amide bonds. The molecule has 0 aromatic carbocycles. The van der Waals surface area contributed by atoms with Gasteiger partial charge in [0.15, 0.2) is 5.78 Å². The molecule has 1 heterocycles.